The van der Waals surface area contributed by atoms with E-state index in [0.717, 1.165) is 35.5 Å². The fourth-order valence-electron chi connectivity index (χ4n) is 3.62. The second-order valence-electron chi connectivity index (χ2n) is 6.74. The predicted molar refractivity (Wildman–Crippen MR) is 95.1 cm³/mol. The second-order valence-corrected chi connectivity index (χ2v) is 6.74. The van der Waals surface area contributed by atoms with Gasteiger partial charge in [0.25, 0.3) is 0 Å². The Labute approximate surface area is 136 Å². The molecule has 1 N–H and O–H groups in total. The number of benzene rings is 1. The Hall–Kier alpha value is -2.14. The zero-order valence-electron chi connectivity index (χ0n) is 14.0. The van der Waals surface area contributed by atoms with Crippen LogP contribution in [0.4, 0.5) is 5.82 Å². The van der Waals surface area contributed by atoms with E-state index in [1.807, 2.05) is 0 Å². The van der Waals surface area contributed by atoms with E-state index in [1.54, 1.807) is 6.33 Å². The summed E-state index contributed by atoms with van der Waals surface area (Å²) in [6.45, 7) is 4.41. The molecule has 5 nitrogen and oxygen atoms in total. The van der Waals surface area contributed by atoms with Crippen molar-refractivity contribution in [1.82, 2.24) is 19.9 Å². The molecule has 0 bridgehead atoms. The molecule has 1 aromatic carbocycles. The first-order valence-corrected chi connectivity index (χ1v) is 8.28. The molecule has 0 aliphatic carbocycles. The predicted octanol–water partition coefficient (Wildman–Crippen LogP) is 2.95. The molecule has 120 valence electrons. The van der Waals surface area contributed by atoms with Crippen molar-refractivity contribution in [2.24, 2.45) is 0 Å². The maximum Gasteiger partial charge on any atom is 0.156 e. The second kappa shape index (κ2) is 5.49. The molecule has 1 fully saturated rings. The average molecular weight is 309 g/mol. The number of aromatic nitrogens is 3. The molecule has 0 atom stereocenters. The highest BCUT2D eigenvalue weighted by Crippen LogP contribution is 2.31. The molecule has 1 aliphatic rings. The maximum atomic E-state index is 4.59. The molecule has 0 amide bonds. The van der Waals surface area contributed by atoms with Gasteiger partial charge >= 0.3 is 0 Å². The number of hydrogen-bond donors (Lipinski definition) is 1. The van der Waals surface area contributed by atoms with E-state index in [1.165, 1.54) is 23.8 Å². The number of aromatic amines is 1. The quantitative estimate of drug-likeness (QED) is 0.790. The van der Waals surface area contributed by atoms with Crippen molar-refractivity contribution in [3.8, 4) is 0 Å². The number of hydrogen-bond acceptors (Lipinski definition) is 4. The summed E-state index contributed by atoms with van der Waals surface area (Å²) in [5.74, 6) is 1.01. The van der Waals surface area contributed by atoms with Gasteiger partial charge in [-0.1, -0.05) is 11.6 Å². The average Bonchev–Trinajstić information content (AvgIpc) is 2.93. The number of likely N-dealkylation sites (tertiary alicyclic amines) is 1. The van der Waals surface area contributed by atoms with Gasteiger partial charge in [-0.2, -0.15) is 0 Å². The summed E-state index contributed by atoms with van der Waals surface area (Å²) in [6.07, 6.45) is 4.05. The van der Waals surface area contributed by atoms with Crippen LogP contribution < -0.4 is 4.90 Å². The molecule has 4 rings (SSSR count). The summed E-state index contributed by atoms with van der Waals surface area (Å²) in [4.78, 5) is 17.4. The summed E-state index contributed by atoms with van der Waals surface area (Å²) < 4.78 is 0. The van der Waals surface area contributed by atoms with Gasteiger partial charge in [0.15, 0.2) is 5.82 Å². The Morgan fingerprint density at radius 3 is 2.78 bits per heavy atom. The van der Waals surface area contributed by atoms with Crippen molar-refractivity contribution in [3.63, 3.8) is 0 Å². The molecule has 5 heteroatoms. The lowest BCUT2D eigenvalue weighted by atomic mass is 10.0. The molecule has 1 saturated heterocycles. The standard InChI is InChI=1S/C18H23N5/c1-12-4-5-15-14(10-12)16-17(21-15)18(20-11-19-16)23(3)13-6-8-22(2)9-7-13/h4-5,10-11,13,21H,6-9H2,1-3H3. The highest BCUT2D eigenvalue weighted by atomic mass is 15.2. The highest BCUT2D eigenvalue weighted by molar-refractivity contribution is 6.08. The molecule has 3 aromatic rings. The summed E-state index contributed by atoms with van der Waals surface area (Å²) in [6, 6.07) is 7.00. The third-order valence-electron chi connectivity index (χ3n) is 5.09. The van der Waals surface area contributed by atoms with E-state index in [-0.39, 0.29) is 0 Å². The van der Waals surface area contributed by atoms with Crippen LogP contribution in [-0.4, -0.2) is 53.1 Å². The number of aryl methyl sites for hydroxylation is 1. The lowest BCUT2D eigenvalue weighted by Crippen LogP contribution is -2.42. The molecule has 0 unspecified atom stereocenters. The molecular formula is C18H23N5. The topological polar surface area (TPSA) is 48.1 Å². The van der Waals surface area contributed by atoms with E-state index in [2.05, 4.69) is 64.0 Å². The van der Waals surface area contributed by atoms with Crippen molar-refractivity contribution in [1.29, 1.82) is 0 Å². The Bertz CT molecular complexity index is 845. The first-order valence-electron chi connectivity index (χ1n) is 8.28. The minimum absolute atomic E-state index is 0.539. The SMILES string of the molecule is Cc1ccc2[nH]c3c(N(C)C4CCN(C)CC4)ncnc3c2c1. The monoisotopic (exact) mass is 309 g/mol. The lowest BCUT2D eigenvalue weighted by Gasteiger charge is -2.35. The van der Waals surface area contributed by atoms with Crippen LogP contribution in [-0.2, 0) is 0 Å². The van der Waals surface area contributed by atoms with Crippen LogP contribution >= 0.6 is 0 Å². The van der Waals surface area contributed by atoms with Crippen LogP contribution in [0.1, 0.15) is 18.4 Å². The van der Waals surface area contributed by atoms with Gasteiger partial charge in [-0.25, -0.2) is 9.97 Å². The van der Waals surface area contributed by atoms with Crippen LogP contribution in [0.2, 0.25) is 0 Å². The largest absolute Gasteiger partial charge is 0.355 e. The summed E-state index contributed by atoms with van der Waals surface area (Å²) in [5, 5.41) is 1.18. The van der Waals surface area contributed by atoms with Crippen LogP contribution in [0, 0.1) is 6.92 Å². The number of H-pyrrole nitrogens is 1. The van der Waals surface area contributed by atoms with Crippen molar-refractivity contribution < 1.29 is 0 Å². The van der Waals surface area contributed by atoms with Gasteiger partial charge in [0, 0.05) is 24.0 Å². The third-order valence-corrected chi connectivity index (χ3v) is 5.09. The van der Waals surface area contributed by atoms with Crippen LogP contribution in [0.5, 0.6) is 0 Å². The van der Waals surface area contributed by atoms with Gasteiger partial charge in [-0.15, -0.1) is 0 Å². The molecule has 2 aromatic heterocycles. The van der Waals surface area contributed by atoms with E-state index in [9.17, 15) is 0 Å². The molecular weight excluding hydrogens is 286 g/mol. The number of anilines is 1. The zero-order valence-corrected chi connectivity index (χ0v) is 14.0. The van der Waals surface area contributed by atoms with Crippen molar-refractivity contribution >= 4 is 27.8 Å². The maximum absolute atomic E-state index is 4.59. The van der Waals surface area contributed by atoms with Gasteiger partial charge < -0.3 is 14.8 Å². The third kappa shape index (κ3) is 2.45. The number of fused-ring (bicyclic) bond motifs is 3. The molecule has 23 heavy (non-hydrogen) atoms. The first-order chi connectivity index (χ1) is 11.1. The fraction of sp³-hybridized carbons (Fsp3) is 0.444. The van der Waals surface area contributed by atoms with Gasteiger partial charge in [0.05, 0.1) is 0 Å². The van der Waals surface area contributed by atoms with Crippen LogP contribution in [0.3, 0.4) is 0 Å². The van der Waals surface area contributed by atoms with Crippen molar-refractivity contribution in [3.05, 3.63) is 30.1 Å². The van der Waals surface area contributed by atoms with E-state index in [4.69, 9.17) is 0 Å². The molecule has 0 spiro atoms. The highest BCUT2D eigenvalue weighted by Gasteiger charge is 2.23. The normalized spacial score (nSPS) is 17.2. The fourth-order valence-corrected chi connectivity index (χ4v) is 3.62. The Morgan fingerprint density at radius 2 is 2.00 bits per heavy atom. The lowest BCUT2D eigenvalue weighted by molar-refractivity contribution is 0.252. The first kappa shape index (κ1) is 14.5. The zero-order chi connectivity index (χ0) is 16.0. The molecule has 1 aliphatic heterocycles. The smallest absolute Gasteiger partial charge is 0.156 e. The number of nitrogens with zero attached hydrogens (tertiary/aromatic N) is 4. The summed E-state index contributed by atoms with van der Waals surface area (Å²) >= 11 is 0. The molecule has 3 heterocycles. The Balaban J connectivity index is 1.79. The minimum Gasteiger partial charge on any atom is -0.355 e. The van der Waals surface area contributed by atoms with Gasteiger partial charge in [-0.05, 0) is 52.0 Å². The van der Waals surface area contributed by atoms with E-state index < -0.39 is 0 Å². The van der Waals surface area contributed by atoms with Crippen LogP contribution in [0.15, 0.2) is 24.5 Å². The Kier molecular flexibility index (Phi) is 3.45. The minimum atomic E-state index is 0.539. The number of rotatable bonds is 2. The van der Waals surface area contributed by atoms with Gasteiger partial charge in [0.1, 0.15) is 17.4 Å². The van der Waals surface area contributed by atoms with Gasteiger partial charge in [0.2, 0.25) is 0 Å². The molecule has 0 radical (unpaired) electrons. The Morgan fingerprint density at radius 1 is 1.22 bits per heavy atom. The summed E-state index contributed by atoms with van der Waals surface area (Å²) in [7, 11) is 4.35. The van der Waals surface area contributed by atoms with E-state index >= 15 is 0 Å². The van der Waals surface area contributed by atoms with E-state index in [0.29, 0.717) is 6.04 Å². The molecule has 0 saturated carbocycles. The number of nitrogens with one attached hydrogen (secondary N) is 1. The summed E-state index contributed by atoms with van der Waals surface area (Å²) in [5.41, 5.74) is 4.45. The van der Waals surface area contributed by atoms with Crippen molar-refractivity contribution in [2.75, 3.05) is 32.1 Å². The van der Waals surface area contributed by atoms with Crippen LogP contribution in [0.25, 0.3) is 21.9 Å². The van der Waals surface area contributed by atoms with Gasteiger partial charge in [-0.3, -0.25) is 0 Å². The number of piperidine rings is 1. The van der Waals surface area contributed by atoms with Crippen molar-refractivity contribution in [2.45, 2.75) is 25.8 Å².